The first-order valence-corrected chi connectivity index (χ1v) is 6.14. The maximum absolute atomic E-state index is 5.69. The number of nitrogens with one attached hydrogen (secondary N) is 1. The van der Waals surface area contributed by atoms with Crippen LogP contribution in [0.3, 0.4) is 0 Å². The Morgan fingerprint density at radius 2 is 2.00 bits per heavy atom. The molecule has 2 aromatic rings. The van der Waals surface area contributed by atoms with E-state index in [0.29, 0.717) is 0 Å². The molecule has 2 rings (SSSR count). The number of aryl methyl sites for hydroxylation is 1. The predicted molar refractivity (Wildman–Crippen MR) is 73.9 cm³/mol. The van der Waals surface area contributed by atoms with E-state index >= 15 is 0 Å². The second-order valence-corrected chi connectivity index (χ2v) is 4.53. The number of benzene rings is 1. The van der Waals surface area contributed by atoms with E-state index in [1.54, 1.807) is 0 Å². The molecule has 1 aromatic heterocycles. The average Bonchev–Trinajstić information content (AvgIpc) is 2.41. The summed E-state index contributed by atoms with van der Waals surface area (Å²) in [6.07, 6.45) is 2.60. The second kappa shape index (κ2) is 5.76. The number of aromatic nitrogens is 1. The van der Waals surface area contributed by atoms with Gasteiger partial charge in [-0.15, -0.1) is 0 Å². The molecule has 0 fully saturated rings. The maximum atomic E-state index is 5.69. The van der Waals surface area contributed by atoms with Crippen LogP contribution in [-0.4, -0.2) is 4.98 Å². The Morgan fingerprint density at radius 3 is 2.67 bits per heavy atom. The van der Waals surface area contributed by atoms with Gasteiger partial charge in [-0.25, -0.2) is 0 Å². The van der Waals surface area contributed by atoms with Crippen molar-refractivity contribution in [3.8, 4) is 0 Å². The third-order valence-electron chi connectivity index (χ3n) is 3.36. The minimum atomic E-state index is 0.0970. The Balaban J connectivity index is 2.26. The highest BCUT2D eigenvalue weighted by molar-refractivity contribution is 5.35. The van der Waals surface area contributed by atoms with Gasteiger partial charge in [0.1, 0.15) is 0 Å². The normalized spacial score (nSPS) is 12.4. The number of nitrogens with two attached hydrogens (primary N) is 1. The van der Waals surface area contributed by atoms with Crippen LogP contribution in [0.1, 0.15) is 28.4 Å². The number of hydrazine groups is 1. The number of nitrogens with zero attached hydrogens (tertiary/aromatic N) is 1. The summed E-state index contributed by atoms with van der Waals surface area (Å²) in [5, 5.41) is 0. The maximum Gasteiger partial charge on any atom is 0.0518 e. The Bertz CT molecular complexity index is 508. The largest absolute Gasteiger partial charge is 0.271 e. The second-order valence-electron chi connectivity index (χ2n) is 4.53. The van der Waals surface area contributed by atoms with E-state index in [0.717, 1.165) is 12.1 Å². The monoisotopic (exact) mass is 241 g/mol. The van der Waals surface area contributed by atoms with Crippen molar-refractivity contribution in [1.29, 1.82) is 0 Å². The number of hydrogen-bond donors (Lipinski definition) is 2. The fourth-order valence-corrected chi connectivity index (χ4v) is 2.14. The molecule has 94 valence electrons. The zero-order valence-corrected chi connectivity index (χ0v) is 10.9. The van der Waals surface area contributed by atoms with Crippen molar-refractivity contribution in [1.82, 2.24) is 10.4 Å². The third-order valence-corrected chi connectivity index (χ3v) is 3.36. The van der Waals surface area contributed by atoms with Gasteiger partial charge in [0, 0.05) is 18.3 Å². The molecule has 0 saturated heterocycles. The van der Waals surface area contributed by atoms with E-state index in [9.17, 15) is 0 Å². The number of hydrogen-bond acceptors (Lipinski definition) is 3. The van der Waals surface area contributed by atoms with Gasteiger partial charge in [-0.2, -0.15) is 0 Å². The topological polar surface area (TPSA) is 50.9 Å². The zero-order valence-electron chi connectivity index (χ0n) is 10.9. The van der Waals surface area contributed by atoms with Crippen LogP contribution in [0.5, 0.6) is 0 Å². The van der Waals surface area contributed by atoms with Gasteiger partial charge in [0.15, 0.2) is 0 Å². The van der Waals surface area contributed by atoms with Gasteiger partial charge in [-0.3, -0.25) is 16.3 Å². The molecule has 0 aliphatic heterocycles. The van der Waals surface area contributed by atoms with Crippen molar-refractivity contribution in [3.05, 3.63) is 65.0 Å². The highest BCUT2D eigenvalue weighted by atomic mass is 15.2. The molecule has 0 saturated carbocycles. The van der Waals surface area contributed by atoms with E-state index in [-0.39, 0.29) is 6.04 Å². The standard InChI is InChI=1S/C15H19N3/c1-11-6-5-8-14(12(11)2)15(18-16)10-13-7-3-4-9-17-13/h3-9,15,18H,10,16H2,1-2H3. The molecule has 3 N–H and O–H groups in total. The van der Waals surface area contributed by atoms with Crippen molar-refractivity contribution in [3.63, 3.8) is 0 Å². The smallest absolute Gasteiger partial charge is 0.0518 e. The molecule has 0 aliphatic carbocycles. The first kappa shape index (κ1) is 12.7. The summed E-state index contributed by atoms with van der Waals surface area (Å²) in [4.78, 5) is 4.35. The third kappa shape index (κ3) is 2.75. The minimum absolute atomic E-state index is 0.0970. The molecular formula is C15H19N3. The molecule has 1 aromatic carbocycles. The molecule has 18 heavy (non-hydrogen) atoms. The van der Waals surface area contributed by atoms with E-state index in [1.165, 1.54) is 16.7 Å². The van der Waals surface area contributed by atoms with Crippen LogP contribution in [0.15, 0.2) is 42.6 Å². The van der Waals surface area contributed by atoms with Crippen molar-refractivity contribution in [2.75, 3.05) is 0 Å². The Labute approximate surface area is 108 Å². The molecule has 0 amide bonds. The fourth-order valence-electron chi connectivity index (χ4n) is 2.14. The summed E-state index contributed by atoms with van der Waals surface area (Å²) >= 11 is 0. The van der Waals surface area contributed by atoms with Gasteiger partial charge in [0.05, 0.1) is 6.04 Å². The van der Waals surface area contributed by atoms with Gasteiger partial charge in [0.25, 0.3) is 0 Å². The predicted octanol–water partition coefficient (Wildman–Crippen LogP) is 2.45. The Morgan fingerprint density at radius 1 is 1.17 bits per heavy atom. The van der Waals surface area contributed by atoms with Crippen molar-refractivity contribution < 1.29 is 0 Å². The Hall–Kier alpha value is -1.71. The molecule has 1 atom stereocenters. The Kier molecular flexibility index (Phi) is 4.07. The van der Waals surface area contributed by atoms with Crippen LogP contribution in [0.4, 0.5) is 0 Å². The lowest BCUT2D eigenvalue weighted by Crippen LogP contribution is -2.30. The van der Waals surface area contributed by atoms with Gasteiger partial charge in [0.2, 0.25) is 0 Å². The molecule has 0 aliphatic rings. The molecule has 3 nitrogen and oxygen atoms in total. The van der Waals surface area contributed by atoms with Crippen LogP contribution in [-0.2, 0) is 6.42 Å². The fraction of sp³-hybridized carbons (Fsp3) is 0.267. The molecule has 3 heteroatoms. The summed E-state index contributed by atoms with van der Waals surface area (Å²) in [7, 11) is 0. The van der Waals surface area contributed by atoms with E-state index in [1.807, 2.05) is 24.4 Å². The van der Waals surface area contributed by atoms with Crippen molar-refractivity contribution >= 4 is 0 Å². The lowest BCUT2D eigenvalue weighted by atomic mass is 9.95. The summed E-state index contributed by atoms with van der Waals surface area (Å²) in [5.74, 6) is 5.69. The van der Waals surface area contributed by atoms with E-state index in [2.05, 4.69) is 42.5 Å². The average molecular weight is 241 g/mol. The SMILES string of the molecule is Cc1cccc(C(Cc2ccccn2)NN)c1C. The van der Waals surface area contributed by atoms with E-state index in [4.69, 9.17) is 5.84 Å². The van der Waals surface area contributed by atoms with Crippen molar-refractivity contribution in [2.24, 2.45) is 5.84 Å². The summed E-state index contributed by atoms with van der Waals surface area (Å²) < 4.78 is 0. The summed E-state index contributed by atoms with van der Waals surface area (Å²) in [6.45, 7) is 4.25. The summed E-state index contributed by atoms with van der Waals surface area (Å²) in [5.41, 5.74) is 7.75. The molecule has 0 bridgehead atoms. The first-order valence-electron chi connectivity index (χ1n) is 6.14. The van der Waals surface area contributed by atoms with Crippen LogP contribution in [0.25, 0.3) is 0 Å². The van der Waals surface area contributed by atoms with E-state index < -0.39 is 0 Å². The summed E-state index contributed by atoms with van der Waals surface area (Å²) in [6, 6.07) is 12.4. The van der Waals surface area contributed by atoms with Gasteiger partial charge in [-0.1, -0.05) is 24.3 Å². The van der Waals surface area contributed by atoms with Gasteiger partial charge in [-0.05, 0) is 42.7 Å². The lowest BCUT2D eigenvalue weighted by Gasteiger charge is -2.19. The molecule has 1 unspecified atom stereocenters. The highest BCUT2D eigenvalue weighted by Gasteiger charge is 2.14. The molecule has 0 spiro atoms. The number of pyridine rings is 1. The molecule has 1 heterocycles. The quantitative estimate of drug-likeness (QED) is 0.638. The van der Waals surface area contributed by atoms with Crippen molar-refractivity contribution in [2.45, 2.75) is 26.3 Å². The van der Waals surface area contributed by atoms with Crippen LogP contribution in [0.2, 0.25) is 0 Å². The van der Waals surface area contributed by atoms with Crippen LogP contribution < -0.4 is 11.3 Å². The highest BCUT2D eigenvalue weighted by Crippen LogP contribution is 2.22. The molecule has 0 radical (unpaired) electrons. The van der Waals surface area contributed by atoms with Crippen LogP contribution in [0, 0.1) is 13.8 Å². The van der Waals surface area contributed by atoms with Gasteiger partial charge >= 0.3 is 0 Å². The first-order chi connectivity index (χ1) is 8.72. The van der Waals surface area contributed by atoms with Crippen LogP contribution >= 0.6 is 0 Å². The molecular weight excluding hydrogens is 222 g/mol. The minimum Gasteiger partial charge on any atom is -0.271 e. The number of rotatable bonds is 4. The van der Waals surface area contributed by atoms with Gasteiger partial charge < -0.3 is 0 Å². The zero-order chi connectivity index (χ0) is 13.0. The lowest BCUT2D eigenvalue weighted by molar-refractivity contribution is 0.543.